The molecule has 30 heavy (non-hydrogen) atoms. The first-order valence-corrected chi connectivity index (χ1v) is 8.84. The predicted molar refractivity (Wildman–Crippen MR) is 107 cm³/mol. The van der Waals surface area contributed by atoms with Crippen molar-refractivity contribution in [2.45, 2.75) is 13.8 Å². The van der Waals surface area contributed by atoms with Crippen molar-refractivity contribution in [1.82, 2.24) is 5.32 Å². The monoisotopic (exact) mass is 415 g/mol. The molecule has 2 amide bonds. The number of carbonyl (C=O) groups is 3. The number of nitrogens with zero attached hydrogens (tertiary/aromatic N) is 1. The summed E-state index contributed by atoms with van der Waals surface area (Å²) in [6, 6.07) is 9.18. The minimum atomic E-state index is -0.837. The Kier molecular flexibility index (Phi) is 7.45. The molecular weight excluding hydrogens is 394 g/mol. The molecule has 0 bridgehead atoms. The van der Waals surface area contributed by atoms with Crippen molar-refractivity contribution in [3.8, 4) is 5.75 Å². The van der Waals surface area contributed by atoms with E-state index < -0.39 is 35.9 Å². The average molecular weight is 415 g/mol. The lowest BCUT2D eigenvalue weighted by Gasteiger charge is -2.10. The SMILES string of the molecule is COc1cccc(C(=O)NCC(=O)OCC(=O)Nc2cc(C)c(C)cc2[N+](=O)[O-])c1. The first kappa shape index (κ1) is 22.3. The van der Waals surface area contributed by atoms with Gasteiger partial charge in [0.25, 0.3) is 17.5 Å². The van der Waals surface area contributed by atoms with Crippen LogP contribution in [0.5, 0.6) is 5.75 Å². The molecule has 0 aliphatic carbocycles. The number of aryl methyl sites for hydroxylation is 2. The van der Waals surface area contributed by atoms with Gasteiger partial charge in [0.1, 0.15) is 18.0 Å². The lowest BCUT2D eigenvalue weighted by atomic mass is 10.1. The van der Waals surface area contributed by atoms with Crippen LogP contribution in [-0.4, -0.2) is 43.0 Å². The van der Waals surface area contributed by atoms with Crippen LogP contribution < -0.4 is 15.4 Å². The smallest absolute Gasteiger partial charge is 0.325 e. The average Bonchev–Trinajstić information content (AvgIpc) is 2.72. The number of methoxy groups -OCH3 is 1. The van der Waals surface area contributed by atoms with E-state index in [0.717, 1.165) is 5.56 Å². The van der Waals surface area contributed by atoms with Gasteiger partial charge in [-0.3, -0.25) is 24.5 Å². The first-order chi connectivity index (χ1) is 14.2. The number of anilines is 1. The van der Waals surface area contributed by atoms with Crippen molar-refractivity contribution in [3.05, 3.63) is 63.2 Å². The molecule has 0 fully saturated rings. The summed E-state index contributed by atoms with van der Waals surface area (Å²) in [6.45, 7) is 2.36. The third kappa shape index (κ3) is 6.03. The summed E-state index contributed by atoms with van der Waals surface area (Å²) in [7, 11) is 1.46. The zero-order chi connectivity index (χ0) is 22.3. The molecule has 0 aliphatic heterocycles. The molecule has 0 heterocycles. The molecule has 0 aliphatic rings. The van der Waals surface area contributed by atoms with E-state index in [4.69, 9.17) is 9.47 Å². The Morgan fingerprint density at radius 1 is 1.10 bits per heavy atom. The number of benzene rings is 2. The number of hydrogen-bond donors (Lipinski definition) is 2. The van der Waals surface area contributed by atoms with E-state index in [2.05, 4.69) is 10.6 Å². The molecular formula is C20H21N3O7. The van der Waals surface area contributed by atoms with Gasteiger partial charge in [-0.2, -0.15) is 0 Å². The van der Waals surface area contributed by atoms with E-state index in [1.165, 1.54) is 25.3 Å². The highest BCUT2D eigenvalue weighted by molar-refractivity contribution is 5.97. The Morgan fingerprint density at radius 3 is 2.47 bits per heavy atom. The minimum absolute atomic E-state index is 0.00970. The Morgan fingerprint density at radius 2 is 1.80 bits per heavy atom. The molecule has 2 aromatic carbocycles. The van der Waals surface area contributed by atoms with E-state index in [-0.39, 0.29) is 11.4 Å². The van der Waals surface area contributed by atoms with Crippen LogP contribution in [0.4, 0.5) is 11.4 Å². The second kappa shape index (κ2) is 10.0. The zero-order valence-electron chi connectivity index (χ0n) is 16.7. The van der Waals surface area contributed by atoms with Gasteiger partial charge >= 0.3 is 5.97 Å². The summed E-state index contributed by atoms with van der Waals surface area (Å²) in [4.78, 5) is 46.4. The fraction of sp³-hybridized carbons (Fsp3) is 0.250. The number of rotatable bonds is 8. The van der Waals surface area contributed by atoms with Crippen LogP contribution in [0.15, 0.2) is 36.4 Å². The molecule has 0 aromatic heterocycles. The second-order valence-electron chi connectivity index (χ2n) is 6.33. The normalized spacial score (nSPS) is 10.1. The third-order valence-corrected chi connectivity index (χ3v) is 4.17. The molecule has 2 N–H and O–H groups in total. The first-order valence-electron chi connectivity index (χ1n) is 8.84. The number of esters is 1. The molecule has 10 nitrogen and oxygen atoms in total. The van der Waals surface area contributed by atoms with Crippen LogP contribution in [0.1, 0.15) is 21.5 Å². The Balaban J connectivity index is 1.86. The van der Waals surface area contributed by atoms with E-state index in [1.807, 2.05) is 0 Å². The molecule has 0 atom stereocenters. The van der Waals surface area contributed by atoms with Crippen molar-refractivity contribution in [3.63, 3.8) is 0 Å². The van der Waals surface area contributed by atoms with Crippen LogP contribution >= 0.6 is 0 Å². The number of ether oxygens (including phenoxy) is 2. The number of carbonyl (C=O) groups excluding carboxylic acids is 3. The van der Waals surface area contributed by atoms with Crippen molar-refractivity contribution in [2.24, 2.45) is 0 Å². The molecule has 0 spiro atoms. The predicted octanol–water partition coefficient (Wildman–Crippen LogP) is 2.13. The number of nitro benzene ring substituents is 1. The Labute approximate surface area is 172 Å². The van der Waals surface area contributed by atoms with Crippen molar-refractivity contribution < 1.29 is 28.8 Å². The largest absolute Gasteiger partial charge is 0.497 e. The number of amides is 2. The zero-order valence-corrected chi connectivity index (χ0v) is 16.7. The van der Waals surface area contributed by atoms with Crippen LogP contribution in [0.25, 0.3) is 0 Å². The molecule has 10 heteroatoms. The Hall–Kier alpha value is -3.95. The van der Waals surface area contributed by atoms with Gasteiger partial charge in [0.2, 0.25) is 0 Å². The van der Waals surface area contributed by atoms with Gasteiger partial charge in [0, 0.05) is 11.6 Å². The highest BCUT2D eigenvalue weighted by Gasteiger charge is 2.18. The second-order valence-corrected chi connectivity index (χ2v) is 6.33. The van der Waals surface area contributed by atoms with Gasteiger partial charge in [-0.15, -0.1) is 0 Å². The molecule has 2 aromatic rings. The number of nitrogens with one attached hydrogen (secondary N) is 2. The summed E-state index contributed by atoms with van der Waals surface area (Å²) in [5, 5.41) is 15.9. The molecule has 0 saturated heterocycles. The molecule has 158 valence electrons. The van der Waals surface area contributed by atoms with Crippen LogP contribution in [0.2, 0.25) is 0 Å². The summed E-state index contributed by atoms with van der Waals surface area (Å²) in [5.74, 6) is -1.60. The van der Waals surface area contributed by atoms with Crippen LogP contribution in [-0.2, 0) is 14.3 Å². The maximum absolute atomic E-state index is 12.0. The van der Waals surface area contributed by atoms with E-state index in [0.29, 0.717) is 16.9 Å². The lowest BCUT2D eigenvalue weighted by molar-refractivity contribution is -0.384. The number of hydrogen-bond acceptors (Lipinski definition) is 7. The summed E-state index contributed by atoms with van der Waals surface area (Å²) in [5.41, 5.74) is 1.51. The van der Waals surface area contributed by atoms with E-state index in [1.54, 1.807) is 32.0 Å². The maximum Gasteiger partial charge on any atom is 0.325 e. The highest BCUT2D eigenvalue weighted by Crippen LogP contribution is 2.27. The topological polar surface area (TPSA) is 137 Å². The summed E-state index contributed by atoms with van der Waals surface area (Å²) >= 11 is 0. The quantitative estimate of drug-likeness (QED) is 0.383. The van der Waals surface area contributed by atoms with Gasteiger partial charge in [-0.1, -0.05) is 6.07 Å². The lowest BCUT2D eigenvalue weighted by Crippen LogP contribution is -2.32. The Bertz CT molecular complexity index is 988. The highest BCUT2D eigenvalue weighted by atomic mass is 16.6. The maximum atomic E-state index is 12.0. The van der Waals surface area contributed by atoms with Crippen LogP contribution in [0.3, 0.4) is 0 Å². The van der Waals surface area contributed by atoms with E-state index >= 15 is 0 Å². The van der Waals surface area contributed by atoms with Gasteiger partial charge in [-0.05, 0) is 49.2 Å². The molecule has 0 unspecified atom stereocenters. The molecule has 0 radical (unpaired) electrons. The van der Waals surface area contributed by atoms with Crippen molar-refractivity contribution >= 4 is 29.2 Å². The van der Waals surface area contributed by atoms with E-state index in [9.17, 15) is 24.5 Å². The van der Waals surface area contributed by atoms with Gasteiger partial charge < -0.3 is 20.1 Å². The molecule has 0 saturated carbocycles. The summed E-state index contributed by atoms with van der Waals surface area (Å²) in [6.07, 6.45) is 0. The van der Waals surface area contributed by atoms with Crippen LogP contribution in [0, 0.1) is 24.0 Å². The summed E-state index contributed by atoms with van der Waals surface area (Å²) < 4.78 is 9.82. The fourth-order valence-corrected chi connectivity index (χ4v) is 2.45. The fourth-order valence-electron chi connectivity index (χ4n) is 2.45. The molecule has 2 rings (SSSR count). The standard InChI is InChI=1S/C20H21N3O7/c1-12-7-16(17(23(27)28)8-13(12)2)22-18(24)11-30-19(25)10-21-20(26)14-5-4-6-15(9-14)29-3/h4-9H,10-11H2,1-3H3,(H,21,26)(H,22,24). The minimum Gasteiger partial charge on any atom is -0.497 e. The van der Waals surface area contributed by atoms with Gasteiger partial charge in [0.05, 0.1) is 12.0 Å². The van der Waals surface area contributed by atoms with Gasteiger partial charge in [-0.25, -0.2) is 0 Å². The van der Waals surface area contributed by atoms with Crippen molar-refractivity contribution in [2.75, 3.05) is 25.6 Å². The third-order valence-electron chi connectivity index (χ3n) is 4.17. The number of nitro groups is 1. The van der Waals surface area contributed by atoms with Gasteiger partial charge in [0.15, 0.2) is 6.61 Å². The van der Waals surface area contributed by atoms with Crippen molar-refractivity contribution in [1.29, 1.82) is 0 Å².